The molecule has 144 valence electrons. The Morgan fingerprint density at radius 3 is 2.68 bits per heavy atom. The van der Waals surface area contributed by atoms with Crippen molar-refractivity contribution in [3.63, 3.8) is 0 Å². The van der Waals surface area contributed by atoms with E-state index in [2.05, 4.69) is 54.0 Å². The Hall–Kier alpha value is -2.08. The number of para-hydroxylation sites is 1. The Balaban J connectivity index is 1.53. The van der Waals surface area contributed by atoms with Gasteiger partial charge in [-0.1, -0.05) is 55.5 Å². The zero-order valence-electron chi connectivity index (χ0n) is 15.9. The smallest absolute Gasteiger partial charge is 0.240 e. The SMILES string of the molecule is C[C@H]1CCN(C(=O)CN[C@H](c2ccccc2)c2cccs2)c2ccccc2S1. The molecule has 2 aromatic carbocycles. The maximum atomic E-state index is 13.2. The van der Waals surface area contributed by atoms with Crippen LogP contribution in [0.3, 0.4) is 0 Å². The molecule has 1 aliphatic rings. The second-order valence-electron chi connectivity index (χ2n) is 6.97. The predicted molar refractivity (Wildman–Crippen MR) is 119 cm³/mol. The molecule has 28 heavy (non-hydrogen) atoms. The molecule has 3 nitrogen and oxygen atoms in total. The number of thioether (sulfide) groups is 1. The fourth-order valence-electron chi connectivity index (χ4n) is 3.51. The van der Waals surface area contributed by atoms with Crippen LogP contribution >= 0.6 is 23.1 Å². The zero-order chi connectivity index (χ0) is 19.3. The molecule has 0 fully saturated rings. The number of anilines is 1. The molecule has 5 heteroatoms. The Bertz CT molecular complexity index is 911. The highest BCUT2D eigenvalue weighted by Crippen LogP contribution is 2.37. The largest absolute Gasteiger partial charge is 0.310 e. The number of nitrogens with zero attached hydrogens (tertiary/aromatic N) is 1. The third-order valence-corrected chi connectivity index (χ3v) is 7.14. The molecule has 4 rings (SSSR count). The van der Waals surface area contributed by atoms with Gasteiger partial charge in [-0.15, -0.1) is 23.1 Å². The number of carbonyl (C=O) groups is 1. The van der Waals surface area contributed by atoms with Crippen LogP contribution in [0.25, 0.3) is 0 Å². The fourth-order valence-corrected chi connectivity index (χ4v) is 5.45. The van der Waals surface area contributed by atoms with Crippen LogP contribution in [0.4, 0.5) is 5.69 Å². The van der Waals surface area contributed by atoms with Crippen LogP contribution in [-0.4, -0.2) is 24.2 Å². The molecule has 2 heterocycles. The molecule has 0 bridgehead atoms. The van der Waals surface area contributed by atoms with Gasteiger partial charge in [-0.2, -0.15) is 0 Å². The molecule has 1 N–H and O–H groups in total. The molecule has 1 aromatic heterocycles. The molecule has 1 amide bonds. The van der Waals surface area contributed by atoms with Gasteiger partial charge in [-0.05, 0) is 35.6 Å². The summed E-state index contributed by atoms with van der Waals surface area (Å²) in [4.78, 5) is 17.6. The van der Waals surface area contributed by atoms with Gasteiger partial charge in [0.15, 0.2) is 0 Å². The first-order chi connectivity index (χ1) is 13.7. The Kier molecular flexibility index (Phi) is 6.15. The van der Waals surface area contributed by atoms with Crippen molar-refractivity contribution in [2.75, 3.05) is 18.0 Å². The summed E-state index contributed by atoms with van der Waals surface area (Å²) in [6.45, 7) is 3.31. The number of rotatable bonds is 5. The van der Waals surface area contributed by atoms with Crippen molar-refractivity contribution in [1.29, 1.82) is 0 Å². The van der Waals surface area contributed by atoms with Crippen molar-refractivity contribution in [3.8, 4) is 0 Å². The number of fused-ring (bicyclic) bond motifs is 1. The van der Waals surface area contributed by atoms with Crippen molar-refractivity contribution < 1.29 is 4.79 Å². The van der Waals surface area contributed by atoms with E-state index in [4.69, 9.17) is 0 Å². The van der Waals surface area contributed by atoms with Gasteiger partial charge < -0.3 is 4.90 Å². The molecular formula is C23H24N2OS2. The molecule has 0 saturated carbocycles. The highest BCUT2D eigenvalue weighted by molar-refractivity contribution is 8.00. The third kappa shape index (κ3) is 4.32. The van der Waals surface area contributed by atoms with Crippen molar-refractivity contribution in [1.82, 2.24) is 5.32 Å². The van der Waals surface area contributed by atoms with Crippen LogP contribution in [0.5, 0.6) is 0 Å². The minimum absolute atomic E-state index is 0.0284. The summed E-state index contributed by atoms with van der Waals surface area (Å²) in [7, 11) is 0. The van der Waals surface area contributed by atoms with E-state index in [0.717, 1.165) is 18.7 Å². The van der Waals surface area contributed by atoms with Gasteiger partial charge in [0.1, 0.15) is 0 Å². The van der Waals surface area contributed by atoms with Crippen LogP contribution in [-0.2, 0) is 4.79 Å². The van der Waals surface area contributed by atoms with Crippen molar-refractivity contribution >= 4 is 34.7 Å². The summed E-state index contributed by atoms with van der Waals surface area (Å²) in [5.74, 6) is 0.125. The number of benzene rings is 2. The monoisotopic (exact) mass is 408 g/mol. The number of amides is 1. The molecule has 0 unspecified atom stereocenters. The summed E-state index contributed by atoms with van der Waals surface area (Å²) in [5, 5.41) is 6.10. The molecule has 1 aliphatic heterocycles. The van der Waals surface area contributed by atoms with Gasteiger partial charge in [-0.25, -0.2) is 0 Å². The topological polar surface area (TPSA) is 32.3 Å². The number of hydrogen-bond acceptors (Lipinski definition) is 4. The predicted octanol–water partition coefficient (Wildman–Crippen LogP) is 5.34. The minimum atomic E-state index is 0.0284. The standard InChI is InChI=1S/C23H24N2OS2/c1-17-13-14-25(19-10-5-6-11-20(19)28-17)22(26)16-24-23(21-12-7-15-27-21)18-8-3-2-4-9-18/h2-12,15,17,23-24H,13-14,16H2,1H3/t17-,23+/m0/s1. The molecule has 0 spiro atoms. The molecule has 0 aliphatic carbocycles. The van der Waals surface area contributed by atoms with E-state index < -0.39 is 0 Å². The second-order valence-corrected chi connectivity index (χ2v) is 9.43. The lowest BCUT2D eigenvalue weighted by Crippen LogP contribution is -2.40. The van der Waals surface area contributed by atoms with Gasteiger partial charge in [0.2, 0.25) is 5.91 Å². The number of nitrogens with one attached hydrogen (secondary N) is 1. The Labute approximate surface area is 174 Å². The molecule has 0 radical (unpaired) electrons. The van der Waals surface area contributed by atoms with Crippen molar-refractivity contribution in [2.24, 2.45) is 0 Å². The normalized spacial score (nSPS) is 17.6. The van der Waals surface area contributed by atoms with Crippen molar-refractivity contribution in [2.45, 2.75) is 29.5 Å². The van der Waals surface area contributed by atoms with Crippen LogP contribution in [0, 0.1) is 0 Å². The van der Waals surface area contributed by atoms with Crippen LogP contribution in [0.2, 0.25) is 0 Å². The van der Waals surface area contributed by atoms with E-state index in [9.17, 15) is 4.79 Å². The second kappa shape index (κ2) is 8.95. The quantitative estimate of drug-likeness (QED) is 0.618. The number of thiophene rings is 1. The first kappa shape index (κ1) is 19.2. The third-order valence-electron chi connectivity index (χ3n) is 4.96. The van der Waals surface area contributed by atoms with E-state index >= 15 is 0 Å². The average Bonchev–Trinajstić information content (AvgIpc) is 3.18. The van der Waals surface area contributed by atoms with Crippen molar-refractivity contribution in [3.05, 3.63) is 82.6 Å². The van der Waals surface area contributed by atoms with Gasteiger partial charge >= 0.3 is 0 Å². The summed E-state index contributed by atoms with van der Waals surface area (Å²) >= 11 is 3.58. The average molecular weight is 409 g/mol. The first-order valence-electron chi connectivity index (χ1n) is 9.60. The lowest BCUT2D eigenvalue weighted by atomic mass is 10.1. The minimum Gasteiger partial charge on any atom is -0.310 e. The maximum Gasteiger partial charge on any atom is 0.240 e. The summed E-state index contributed by atoms with van der Waals surface area (Å²) < 4.78 is 0. The zero-order valence-corrected chi connectivity index (χ0v) is 17.5. The highest BCUT2D eigenvalue weighted by Gasteiger charge is 2.25. The molecular weight excluding hydrogens is 384 g/mol. The lowest BCUT2D eigenvalue weighted by molar-refractivity contribution is -0.117. The van der Waals surface area contributed by atoms with E-state index in [0.29, 0.717) is 11.8 Å². The molecule has 2 atom stereocenters. The van der Waals surface area contributed by atoms with Crippen LogP contribution in [0.1, 0.15) is 29.8 Å². The van der Waals surface area contributed by atoms with Gasteiger partial charge in [0.25, 0.3) is 0 Å². The lowest BCUT2D eigenvalue weighted by Gasteiger charge is -2.24. The first-order valence-corrected chi connectivity index (χ1v) is 11.4. The van der Waals surface area contributed by atoms with E-state index in [1.54, 1.807) is 11.3 Å². The molecule has 3 aromatic rings. The fraction of sp³-hybridized carbons (Fsp3) is 0.261. The van der Waals surface area contributed by atoms with Crippen LogP contribution in [0.15, 0.2) is 77.0 Å². The maximum absolute atomic E-state index is 13.2. The highest BCUT2D eigenvalue weighted by atomic mass is 32.2. The number of carbonyl (C=O) groups excluding carboxylic acids is 1. The summed E-state index contributed by atoms with van der Waals surface area (Å²) in [6, 6.07) is 22.8. The van der Waals surface area contributed by atoms with E-state index in [1.807, 2.05) is 47.0 Å². The summed E-state index contributed by atoms with van der Waals surface area (Å²) in [5.41, 5.74) is 2.22. The number of hydrogen-bond donors (Lipinski definition) is 1. The molecule has 0 saturated heterocycles. The Morgan fingerprint density at radius 2 is 1.89 bits per heavy atom. The van der Waals surface area contributed by atoms with E-state index in [-0.39, 0.29) is 11.9 Å². The summed E-state index contributed by atoms with van der Waals surface area (Å²) in [6.07, 6.45) is 0.998. The van der Waals surface area contributed by atoms with E-state index in [1.165, 1.54) is 15.3 Å². The van der Waals surface area contributed by atoms with Gasteiger partial charge in [-0.3, -0.25) is 10.1 Å². The van der Waals surface area contributed by atoms with Crippen LogP contribution < -0.4 is 10.2 Å². The Morgan fingerprint density at radius 1 is 1.11 bits per heavy atom. The van der Waals surface area contributed by atoms with Gasteiger partial charge in [0.05, 0.1) is 18.3 Å². The van der Waals surface area contributed by atoms with Gasteiger partial charge in [0, 0.05) is 21.6 Å².